The molecule has 0 saturated heterocycles. The van der Waals surface area contributed by atoms with Gasteiger partial charge in [-0.2, -0.15) is 0 Å². The molecule has 0 aliphatic heterocycles. The van der Waals surface area contributed by atoms with Gasteiger partial charge in [0.1, 0.15) is 0 Å². The first-order valence-electron chi connectivity index (χ1n) is 16.9. The van der Waals surface area contributed by atoms with Crippen molar-refractivity contribution in [3.8, 4) is 33.4 Å². The number of anilines is 3. The van der Waals surface area contributed by atoms with Crippen molar-refractivity contribution in [3.63, 3.8) is 0 Å². The van der Waals surface area contributed by atoms with Gasteiger partial charge >= 0.3 is 0 Å². The maximum atomic E-state index is 2.49. The number of nitrogens with zero attached hydrogens (tertiary/aromatic N) is 1. The van der Waals surface area contributed by atoms with Crippen LogP contribution >= 0.6 is 0 Å². The van der Waals surface area contributed by atoms with Crippen molar-refractivity contribution in [2.24, 2.45) is 0 Å². The van der Waals surface area contributed by atoms with Crippen LogP contribution in [0.5, 0.6) is 0 Å². The molecule has 0 spiro atoms. The van der Waals surface area contributed by atoms with Crippen molar-refractivity contribution < 1.29 is 0 Å². The van der Waals surface area contributed by atoms with Crippen LogP contribution < -0.4 is 4.90 Å². The quantitative estimate of drug-likeness (QED) is 0.167. The van der Waals surface area contributed by atoms with E-state index in [0.717, 1.165) is 11.4 Å². The molecule has 49 heavy (non-hydrogen) atoms. The summed E-state index contributed by atoms with van der Waals surface area (Å²) in [5, 5.41) is 7.44. The van der Waals surface area contributed by atoms with Crippen LogP contribution in [-0.4, -0.2) is 0 Å². The number of benzene rings is 9. The van der Waals surface area contributed by atoms with Gasteiger partial charge in [0.15, 0.2) is 0 Å². The number of fused-ring (bicyclic) bond motifs is 4. The van der Waals surface area contributed by atoms with Crippen LogP contribution in [-0.2, 0) is 0 Å². The smallest absolute Gasteiger partial charge is 0.0625 e. The van der Waals surface area contributed by atoms with Crippen LogP contribution in [0.4, 0.5) is 17.1 Å². The second kappa shape index (κ2) is 12.3. The van der Waals surface area contributed by atoms with Crippen molar-refractivity contribution >= 4 is 49.4 Å². The van der Waals surface area contributed by atoms with Gasteiger partial charge in [0.25, 0.3) is 0 Å². The third-order valence-electron chi connectivity index (χ3n) is 9.63. The van der Waals surface area contributed by atoms with Gasteiger partial charge in [-0.15, -0.1) is 0 Å². The summed E-state index contributed by atoms with van der Waals surface area (Å²) in [5.41, 5.74) is 10.6. The number of hydrogen-bond acceptors (Lipinski definition) is 1. The van der Waals surface area contributed by atoms with E-state index in [0.29, 0.717) is 0 Å². The molecule has 0 aliphatic carbocycles. The first-order valence-corrected chi connectivity index (χ1v) is 16.9. The van der Waals surface area contributed by atoms with E-state index < -0.39 is 0 Å². The fourth-order valence-electron chi connectivity index (χ4n) is 7.34. The summed E-state index contributed by atoms with van der Waals surface area (Å²) in [7, 11) is 0. The van der Waals surface area contributed by atoms with Gasteiger partial charge in [-0.1, -0.05) is 176 Å². The van der Waals surface area contributed by atoms with E-state index in [1.807, 2.05) is 0 Å². The van der Waals surface area contributed by atoms with E-state index in [1.165, 1.54) is 71.4 Å². The third-order valence-corrected chi connectivity index (χ3v) is 9.63. The highest BCUT2D eigenvalue weighted by molar-refractivity contribution is 6.22. The molecule has 0 radical (unpaired) electrons. The zero-order chi connectivity index (χ0) is 32.6. The minimum Gasteiger partial charge on any atom is -0.309 e. The van der Waals surface area contributed by atoms with E-state index in [1.54, 1.807) is 0 Å². The Morgan fingerprint density at radius 1 is 0.306 bits per heavy atom. The van der Waals surface area contributed by atoms with E-state index in [2.05, 4.69) is 205 Å². The molecule has 1 heteroatoms. The maximum Gasteiger partial charge on any atom is 0.0625 e. The van der Waals surface area contributed by atoms with Crippen LogP contribution in [0.2, 0.25) is 0 Å². The first kappa shape index (κ1) is 28.8. The van der Waals surface area contributed by atoms with Crippen molar-refractivity contribution in [3.05, 3.63) is 200 Å². The lowest BCUT2D eigenvalue weighted by Gasteiger charge is -2.32. The first-order chi connectivity index (χ1) is 24.3. The van der Waals surface area contributed by atoms with Crippen LogP contribution in [0, 0.1) is 0 Å². The molecule has 9 rings (SSSR count). The lowest BCUT2D eigenvalue weighted by atomic mass is 9.89. The molecule has 0 unspecified atom stereocenters. The highest BCUT2D eigenvalue weighted by Gasteiger charge is 2.25. The van der Waals surface area contributed by atoms with Crippen LogP contribution in [0.1, 0.15) is 0 Å². The Labute approximate surface area is 287 Å². The average molecular weight is 624 g/mol. The fraction of sp³-hybridized carbons (Fsp3) is 0. The molecule has 0 atom stereocenters. The van der Waals surface area contributed by atoms with Gasteiger partial charge in [-0.3, -0.25) is 0 Å². The van der Waals surface area contributed by atoms with E-state index in [4.69, 9.17) is 0 Å². The number of rotatable bonds is 6. The molecule has 1 nitrogen and oxygen atoms in total. The zero-order valence-electron chi connectivity index (χ0n) is 27.0. The molecule has 9 aromatic carbocycles. The molecule has 0 fully saturated rings. The standard InChI is InChI=1S/C48H33N/c1-3-16-36(17-4-1)41-21-13-14-26-46(41)49(40-31-29-35(30-32-40)39-28-27-34-15-7-8-20-38(34)33-39)48-45-25-12-10-23-43(45)42-22-9-11-24-44(42)47(48)37-18-5-2-6-19-37/h1-33H. The molecular weight excluding hydrogens is 591 g/mol. The molecule has 0 heterocycles. The summed E-state index contributed by atoms with van der Waals surface area (Å²) in [6, 6.07) is 72.5. The van der Waals surface area contributed by atoms with Crippen LogP contribution in [0.25, 0.3) is 65.7 Å². The van der Waals surface area contributed by atoms with E-state index >= 15 is 0 Å². The molecule has 0 aromatic heterocycles. The molecule has 0 amide bonds. The van der Waals surface area contributed by atoms with Crippen molar-refractivity contribution in [2.45, 2.75) is 0 Å². The van der Waals surface area contributed by atoms with Gasteiger partial charge in [0.2, 0.25) is 0 Å². The summed E-state index contributed by atoms with van der Waals surface area (Å²) in [6.07, 6.45) is 0. The summed E-state index contributed by atoms with van der Waals surface area (Å²) in [6.45, 7) is 0. The van der Waals surface area contributed by atoms with Crippen LogP contribution in [0.15, 0.2) is 200 Å². The fourth-order valence-corrected chi connectivity index (χ4v) is 7.34. The van der Waals surface area contributed by atoms with Crippen LogP contribution in [0.3, 0.4) is 0 Å². The predicted molar refractivity (Wildman–Crippen MR) is 210 cm³/mol. The third kappa shape index (κ3) is 5.13. The molecule has 9 aromatic rings. The maximum absolute atomic E-state index is 2.49. The molecule has 230 valence electrons. The Morgan fingerprint density at radius 3 is 1.57 bits per heavy atom. The normalized spacial score (nSPS) is 11.3. The monoisotopic (exact) mass is 623 g/mol. The predicted octanol–water partition coefficient (Wildman–Crippen LogP) is 13.6. The van der Waals surface area contributed by atoms with Gasteiger partial charge in [-0.05, 0) is 73.5 Å². The molecule has 0 bridgehead atoms. The molecule has 0 N–H and O–H groups in total. The zero-order valence-corrected chi connectivity index (χ0v) is 27.0. The Bertz CT molecular complexity index is 2590. The minimum atomic E-state index is 1.10. The Morgan fingerprint density at radius 2 is 0.837 bits per heavy atom. The minimum absolute atomic E-state index is 1.10. The lowest BCUT2D eigenvalue weighted by Crippen LogP contribution is -2.13. The number of hydrogen-bond donors (Lipinski definition) is 0. The summed E-state index contributed by atoms with van der Waals surface area (Å²) < 4.78 is 0. The van der Waals surface area contributed by atoms with Gasteiger partial charge in [0, 0.05) is 22.2 Å². The second-order valence-corrected chi connectivity index (χ2v) is 12.5. The van der Waals surface area contributed by atoms with Crippen molar-refractivity contribution in [1.29, 1.82) is 0 Å². The average Bonchev–Trinajstić information content (AvgIpc) is 3.19. The highest BCUT2D eigenvalue weighted by atomic mass is 15.1. The highest BCUT2D eigenvalue weighted by Crippen LogP contribution is 2.51. The van der Waals surface area contributed by atoms with Gasteiger partial charge in [0.05, 0.1) is 11.4 Å². The summed E-state index contributed by atoms with van der Waals surface area (Å²) in [5.74, 6) is 0. The van der Waals surface area contributed by atoms with Crippen molar-refractivity contribution in [2.75, 3.05) is 4.90 Å². The Kier molecular flexibility index (Phi) is 7.22. The largest absolute Gasteiger partial charge is 0.309 e. The lowest BCUT2D eigenvalue weighted by molar-refractivity contribution is 1.30. The SMILES string of the molecule is c1ccc(-c2ccccc2N(c2ccc(-c3ccc4ccccc4c3)cc2)c2c(-c3ccccc3)c3ccccc3c3ccccc23)cc1. The Balaban J connectivity index is 1.35. The molecule has 0 aliphatic rings. The number of para-hydroxylation sites is 1. The second-order valence-electron chi connectivity index (χ2n) is 12.5. The topological polar surface area (TPSA) is 3.24 Å². The van der Waals surface area contributed by atoms with Crippen molar-refractivity contribution in [1.82, 2.24) is 0 Å². The molecular formula is C48H33N. The van der Waals surface area contributed by atoms with Gasteiger partial charge < -0.3 is 4.90 Å². The molecule has 0 saturated carbocycles. The van der Waals surface area contributed by atoms with E-state index in [9.17, 15) is 0 Å². The Hall–Kier alpha value is -6.44. The van der Waals surface area contributed by atoms with E-state index in [-0.39, 0.29) is 0 Å². The summed E-state index contributed by atoms with van der Waals surface area (Å²) in [4.78, 5) is 2.49. The summed E-state index contributed by atoms with van der Waals surface area (Å²) >= 11 is 0. The van der Waals surface area contributed by atoms with Gasteiger partial charge in [-0.25, -0.2) is 0 Å².